The lowest BCUT2D eigenvalue weighted by Gasteiger charge is -2.05. The molecule has 6 heteroatoms. The SMILES string of the molecule is Cn1cc(CCCOC(=O)c2cc3ccccc3c(=O)[nH]2)cn1. The summed E-state index contributed by atoms with van der Waals surface area (Å²) in [5.74, 6) is -0.515. The highest BCUT2D eigenvalue weighted by atomic mass is 16.5. The van der Waals surface area contributed by atoms with Crippen molar-refractivity contribution in [2.45, 2.75) is 12.8 Å². The summed E-state index contributed by atoms with van der Waals surface area (Å²) in [6.07, 6.45) is 5.22. The van der Waals surface area contributed by atoms with Gasteiger partial charge in [-0.3, -0.25) is 9.48 Å². The lowest BCUT2D eigenvalue weighted by molar-refractivity contribution is 0.0493. The van der Waals surface area contributed by atoms with Crippen molar-refractivity contribution < 1.29 is 9.53 Å². The number of esters is 1. The van der Waals surface area contributed by atoms with E-state index in [0.29, 0.717) is 18.4 Å². The van der Waals surface area contributed by atoms with Crippen LogP contribution in [0.1, 0.15) is 22.5 Å². The topological polar surface area (TPSA) is 77.0 Å². The summed E-state index contributed by atoms with van der Waals surface area (Å²) in [6, 6.07) is 8.76. The third-order valence-electron chi connectivity index (χ3n) is 3.57. The largest absolute Gasteiger partial charge is 0.461 e. The van der Waals surface area contributed by atoms with E-state index in [1.807, 2.05) is 19.3 Å². The fourth-order valence-corrected chi connectivity index (χ4v) is 2.44. The minimum absolute atomic E-state index is 0.176. The number of carbonyl (C=O) groups excluding carboxylic acids is 1. The molecular formula is C17H17N3O3. The van der Waals surface area contributed by atoms with E-state index in [2.05, 4.69) is 10.1 Å². The molecule has 0 saturated carbocycles. The van der Waals surface area contributed by atoms with E-state index in [0.717, 1.165) is 17.4 Å². The van der Waals surface area contributed by atoms with Crippen LogP contribution in [0, 0.1) is 0 Å². The molecule has 0 amide bonds. The molecule has 0 aliphatic rings. The molecule has 118 valence electrons. The highest BCUT2D eigenvalue weighted by Crippen LogP contribution is 2.10. The quantitative estimate of drug-likeness (QED) is 0.578. The Labute approximate surface area is 132 Å². The van der Waals surface area contributed by atoms with Crippen LogP contribution in [-0.2, 0) is 18.2 Å². The molecule has 0 radical (unpaired) electrons. The normalized spacial score (nSPS) is 10.8. The first-order valence-electron chi connectivity index (χ1n) is 7.40. The maximum Gasteiger partial charge on any atom is 0.354 e. The van der Waals surface area contributed by atoms with Gasteiger partial charge in [-0.2, -0.15) is 5.10 Å². The van der Waals surface area contributed by atoms with Crippen LogP contribution < -0.4 is 5.56 Å². The van der Waals surface area contributed by atoms with Crippen molar-refractivity contribution in [1.29, 1.82) is 0 Å². The first-order valence-corrected chi connectivity index (χ1v) is 7.40. The van der Waals surface area contributed by atoms with Crippen LogP contribution in [-0.4, -0.2) is 27.3 Å². The minimum atomic E-state index is -0.515. The highest BCUT2D eigenvalue weighted by molar-refractivity contribution is 5.92. The first kappa shape index (κ1) is 15.0. The Morgan fingerprint density at radius 3 is 2.96 bits per heavy atom. The maximum absolute atomic E-state index is 12.0. The number of aryl methyl sites for hydroxylation is 2. The van der Waals surface area contributed by atoms with Crippen LogP contribution in [0.15, 0.2) is 47.5 Å². The second kappa shape index (κ2) is 6.48. The van der Waals surface area contributed by atoms with Crippen molar-refractivity contribution in [2.75, 3.05) is 6.61 Å². The lowest BCUT2D eigenvalue weighted by atomic mass is 10.1. The summed E-state index contributed by atoms with van der Waals surface area (Å²) < 4.78 is 6.96. The van der Waals surface area contributed by atoms with E-state index >= 15 is 0 Å². The standard InChI is InChI=1S/C17H17N3O3/c1-20-11-12(10-18-20)5-4-8-23-17(22)15-9-13-6-2-3-7-14(13)16(21)19-15/h2-3,6-7,9-11H,4-5,8H2,1H3,(H,19,21). The van der Waals surface area contributed by atoms with Gasteiger partial charge in [-0.25, -0.2) is 4.79 Å². The molecule has 0 bridgehead atoms. The second-order valence-electron chi connectivity index (χ2n) is 5.36. The molecule has 0 aliphatic heterocycles. The summed E-state index contributed by atoms with van der Waals surface area (Å²) >= 11 is 0. The molecule has 0 unspecified atom stereocenters. The van der Waals surface area contributed by atoms with Crippen molar-refractivity contribution in [3.8, 4) is 0 Å². The molecule has 2 heterocycles. The zero-order valence-corrected chi connectivity index (χ0v) is 12.8. The van der Waals surface area contributed by atoms with Crippen LogP contribution in [0.3, 0.4) is 0 Å². The number of pyridine rings is 1. The van der Waals surface area contributed by atoms with Gasteiger partial charge in [0.05, 0.1) is 12.8 Å². The number of hydrogen-bond donors (Lipinski definition) is 1. The van der Waals surface area contributed by atoms with Gasteiger partial charge in [-0.1, -0.05) is 18.2 Å². The van der Waals surface area contributed by atoms with Crippen molar-refractivity contribution in [1.82, 2.24) is 14.8 Å². The Hall–Kier alpha value is -2.89. The number of rotatable bonds is 5. The Kier molecular flexibility index (Phi) is 4.23. The maximum atomic E-state index is 12.0. The fourth-order valence-electron chi connectivity index (χ4n) is 2.44. The summed E-state index contributed by atoms with van der Waals surface area (Å²) in [5.41, 5.74) is 0.989. The fraction of sp³-hybridized carbons (Fsp3) is 0.235. The molecule has 1 aromatic carbocycles. The molecular weight excluding hydrogens is 294 g/mol. The van der Waals surface area contributed by atoms with Gasteiger partial charge >= 0.3 is 5.97 Å². The van der Waals surface area contributed by atoms with Crippen molar-refractivity contribution >= 4 is 16.7 Å². The number of nitrogens with zero attached hydrogens (tertiary/aromatic N) is 2. The molecule has 0 atom stereocenters. The summed E-state index contributed by atoms with van der Waals surface area (Å²) in [5, 5.41) is 5.36. The van der Waals surface area contributed by atoms with E-state index in [4.69, 9.17) is 4.74 Å². The summed E-state index contributed by atoms with van der Waals surface area (Å²) in [6.45, 7) is 0.294. The summed E-state index contributed by atoms with van der Waals surface area (Å²) in [4.78, 5) is 26.6. The van der Waals surface area contributed by atoms with E-state index in [1.165, 1.54) is 0 Å². The molecule has 3 rings (SSSR count). The Balaban J connectivity index is 1.61. The minimum Gasteiger partial charge on any atom is -0.461 e. The van der Waals surface area contributed by atoms with Gasteiger partial charge < -0.3 is 9.72 Å². The lowest BCUT2D eigenvalue weighted by Crippen LogP contribution is -2.15. The van der Waals surface area contributed by atoms with E-state index < -0.39 is 5.97 Å². The number of carbonyl (C=O) groups is 1. The van der Waals surface area contributed by atoms with Gasteiger partial charge in [0.1, 0.15) is 5.69 Å². The van der Waals surface area contributed by atoms with E-state index in [-0.39, 0.29) is 11.3 Å². The van der Waals surface area contributed by atoms with Crippen LogP contribution in [0.25, 0.3) is 10.8 Å². The predicted molar refractivity (Wildman–Crippen MR) is 86.4 cm³/mol. The van der Waals surface area contributed by atoms with Crippen molar-refractivity contribution in [3.63, 3.8) is 0 Å². The zero-order chi connectivity index (χ0) is 16.2. The van der Waals surface area contributed by atoms with Gasteiger partial charge in [-0.05, 0) is 35.9 Å². The molecule has 1 N–H and O–H groups in total. The first-order chi connectivity index (χ1) is 11.1. The van der Waals surface area contributed by atoms with E-state index in [9.17, 15) is 9.59 Å². The smallest absolute Gasteiger partial charge is 0.354 e. The zero-order valence-electron chi connectivity index (χ0n) is 12.8. The molecule has 0 fully saturated rings. The molecule has 23 heavy (non-hydrogen) atoms. The van der Waals surface area contributed by atoms with Crippen LogP contribution in [0.2, 0.25) is 0 Å². The van der Waals surface area contributed by atoms with Crippen molar-refractivity contribution in [2.24, 2.45) is 7.05 Å². The van der Waals surface area contributed by atoms with E-state index in [1.54, 1.807) is 35.1 Å². The molecule has 3 aromatic rings. The average Bonchev–Trinajstić information content (AvgIpc) is 2.97. The molecule has 6 nitrogen and oxygen atoms in total. The number of benzene rings is 1. The average molecular weight is 311 g/mol. The van der Waals surface area contributed by atoms with Crippen LogP contribution >= 0.6 is 0 Å². The number of aromatic amines is 1. The van der Waals surface area contributed by atoms with Crippen LogP contribution in [0.5, 0.6) is 0 Å². The molecule has 0 spiro atoms. The monoisotopic (exact) mass is 311 g/mol. The summed E-state index contributed by atoms with van der Waals surface area (Å²) in [7, 11) is 1.86. The van der Waals surface area contributed by atoms with Gasteiger partial charge in [0.25, 0.3) is 5.56 Å². The third-order valence-corrected chi connectivity index (χ3v) is 3.57. The van der Waals surface area contributed by atoms with Gasteiger partial charge in [0.15, 0.2) is 0 Å². The number of aromatic nitrogens is 3. The van der Waals surface area contributed by atoms with Gasteiger partial charge in [0, 0.05) is 18.6 Å². The Morgan fingerprint density at radius 2 is 2.17 bits per heavy atom. The molecule has 0 saturated heterocycles. The van der Waals surface area contributed by atoms with Gasteiger partial charge in [0.2, 0.25) is 0 Å². The number of H-pyrrole nitrogens is 1. The Morgan fingerprint density at radius 1 is 1.35 bits per heavy atom. The number of ether oxygens (including phenoxy) is 1. The number of hydrogen-bond acceptors (Lipinski definition) is 4. The van der Waals surface area contributed by atoms with Gasteiger partial charge in [-0.15, -0.1) is 0 Å². The third kappa shape index (κ3) is 3.48. The second-order valence-corrected chi connectivity index (χ2v) is 5.36. The van der Waals surface area contributed by atoms with Crippen LogP contribution in [0.4, 0.5) is 0 Å². The number of nitrogens with one attached hydrogen (secondary N) is 1. The molecule has 0 aliphatic carbocycles. The number of fused-ring (bicyclic) bond motifs is 1. The molecule has 2 aromatic heterocycles. The Bertz CT molecular complexity index is 895. The predicted octanol–water partition coefficient (Wildman–Crippen LogP) is 2.05. The van der Waals surface area contributed by atoms with Crippen molar-refractivity contribution in [3.05, 3.63) is 64.3 Å². The highest BCUT2D eigenvalue weighted by Gasteiger charge is 2.10.